The average molecular weight is 363 g/mol. The molecular formula is C22H25N3O2. The summed E-state index contributed by atoms with van der Waals surface area (Å²) in [6.07, 6.45) is 3.52. The number of carbonyl (C=O) groups excluding carboxylic acids is 1. The van der Waals surface area contributed by atoms with Crippen LogP contribution in [0.15, 0.2) is 48.7 Å². The van der Waals surface area contributed by atoms with Crippen LogP contribution in [-0.4, -0.2) is 22.6 Å². The molecule has 1 amide bonds. The molecule has 2 N–H and O–H groups in total. The molecule has 27 heavy (non-hydrogen) atoms. The molecule has 5 heteroatoms. The van der Waals surface area contributed by atoms with Crippen molar-refractivity contribution in [2.75, 3.05) is 7.11 Å². The minimum Gasteiger partial charge on any atom is -0.496 e. The highest BCUT2D eigenvalue weighted by Gasteiger charge is 2.25. The molecule has 0 aliphatic rings. The molecule has 0 atom stereocenters. The molecule has 3 rings (SSSR count). The summed E-state index contributed by atoms with van der Waals surface area (Å²) in [5.41, 5.74) is 10.9. The molecule has 3 aromatic rings. The third-order valence-electron chi connectivity index (χ3n) is 4.81. The number of carbonyl (C=O) groups is 1. The van der Waals surface area contributed by atoms with Gasteiger partial charge in [-0.25, -0.2) is 0 Å². The van der Waals surface area contributed by atoms with Crippen LogP contribution in [0.4, 0.5) is 0 Å². The van der Waals surface area contributed by atoms with Crippen molar-refractivity contribution in [3.8, 4) is 17.0 Å². The number of rotatable bonds is 7. The number of nitrogens with two attached hydrogens (primary N) is 1. The summed E-state index contributed by atoms with van der Waals surface area (Å²) in [4.78, 5) is 16.8. The van der Waals surface area contributed by atoms with E-state index in [0.717, 1.165) is 46.8 Å². The third-order valence-corrected chi connectivity index (χ3v) is 4.81. The molecule has 140 valence electrons. The van der Waals surface area contributed by atoms with Crippen LogP contribution >= 0.6 is 0 Å². The van der Waals surface area contributed by atoms with E-state index in [9.17, 15) is 4.79 Å². The Morgan fingerprint density at radius 1 is 1.19 bits per heavy atom. The Morgan fingerprint density at radius 2 is 1.93 bits per heavy atom. The molecule has 1 aromatic carbocycles. The quantitative estimate of drug-likeness (QED) is 0.690. The van der Waals surface area contributed by atoms with E-state index in [2.05, 4.69) is 16.5 Å². The largest absolute Gasteiger partial charge is 0.496 e. The maximum atomic E-state index is 12.3. The Bertz CT molecular complexity index is 946. The Morgan fingerprint density at radius 3 is 2.56 bits per heavy atom. The number of aromatic nitrogens is 2. The predicted octanol–water partition coefficient (Wildman–Crippen LogP) is 3.97. The predicted molar refractivity (Wildman–Crippen MR) is 107 cm³/mol. The van der Waals surface area contributed by atoms with E-state index in [0.29, 0.717) is 12.1 Å². The fraction of sp³-hybridized carbons (Fsp3) is 0.273. The van der Waals surface area contributed by atoms with Gasteiger partial charge in [-0.2, -0.15) is 0 Å². The van der Waals surface area contributed by atoms with Gasteiger partial charge in [-0.3, -0.25) is 9.78 Å². The second-order valence-corrected chi connectivity index (χ2v) is 6.51. The van der Waals surface area contributed by atoms with Gasteiger partial charge in [-0.1, -0.05) is 37.6 Å². The molecule has 0 aliphatic heterocycles. The van der Waals surface area contributed by atoms with Crippen molar-refractivity contribution in [2.24, 2.45) is 5.73 Å². The van der Waals surface area contributed by atoms with E-state index in [-0.39, 0.29) is 0 Å². The molecule has 0 radical (unpaired) electrons. The first-order valence-electron chi connectivity index (χ1n) is 9.13. The zero-order valence-electron chi connectivity index (χ0n) is 16.0. The van der Waals surface area contributed by atoms with Gasteiger partial charge in [0.05, 0.1) is 24.9 Å². The van der Waals surface area contributed by atoms with E-state index in [1.165, 1.54) is 0 Å². The number of primary amides is 1. The van der Waals surface area contributed by atoms with Crippen molar-refractivity contribution in [3.63, 3.8) is 0 Å². The lowest BCUT2D eigenvalue weighted by molar-refractivity contribution is 0.1000. The van der Waals surface area contributed by atoms with Crippen LogP contribution in [0.5, 0.6) is 5.75 Å². The molecule has 0 aliphatic carbocycles. The summed E-state index contributed by atoms with van der Waals surface area (Å²) in [5.74, 6) is 0.400. The van der Waals surface area contributed by atoms with E-state index in [1.807, 2.05) is 49.4 Å². The van der Waals surface area contributed by atoms with Gasteiger partial charge in [0.2, 0.25) is 0 Å². The Hall–Kier alpha value is -3.08. The molecule has 2 aromatic heterocycles. The topological polar surface area (TPSA) is 70.1 Å². The van der Waals surface area contributed by atoms with Crippen LogP contribution in [0.1, 0.15) is 40.7 Å². The fourth-order valence-electron chi connectivity index (χ4n) is 3.60. The van der Waals surface area contributed by atoms with Crippen LogP contribution in [0, 0.1) is 6.92 Å². The molecule has 5 nitrogen and oxygen atoms in total. The number of para-hydroxylation sites is 1. The van der Waals surface area contributed by atoms with Crippen molar-refractivity contribution in [1.82, 2.24) is 9.55 Å². The molecule has 0 fully saturated rings. The van der Waals surface area contributed by atoms with Gasteiger partial charge in [0.25, 0.3) is 5.91 Å². The monoisotopic (exact) mass is 363 g/mol. The van der Waals surface area contributed by atoms with Gasteiger partial charge in [-0.05, 0) is 31.5 Å². The maximum Gasteiger partial charge on any atom is 0.251 e. The van der Waals surface area contributed by atoms with E-state index >= 15 is 0 Å². The zero-order chi connectivity index (χ0) is 19.4. The second kappa shape index (κ2) is 8.08. The van der Waals surface area contributed by atoms with Gasteiger partial charge in [0.15, 0.2) is 0 Å². The van der Waals surface area contributed by atoms with Crippen LogP contribution < -0.4 is 10.5 Å². The first-order valence-corrected chi connectivity index (χ1v) is 9.13. The average Bonchev–Trinajstić information content (AvgIpc) is 2.95. The molecule has 0 saturated carbocycles. The van der Waals surface area contributed by atoms with Crippen molar-refractivity contribution in [1.29, 1.82) is 0 Å². The Labute approximate surface area is 159 Å². The first kappa shape index (κ1) is 18.7. The normalized spacial score (nSPS) is 10.8. The highest BCUT2D eigenvalue weighted by molar-refractivity contribution is 6.01. The lowest BCUT2D eigenvalue weighted by atomic mass is 10.0. The number of benzene rings is 1. The smallest absolute Gasteiger partial charge is 0.251 e. The summed E-state index contributed by atoms with van der Waals surface area (Å²) in [7, 11) is 1.67. The second-order valence-electron chi connectivity index (χ2n) is 6.51. The number of nitrogens with zero attached hydrogens (tertiary/aromatic N) is 2. The molecule has 0 spiro atoms. The number of methoxy groups -OCH3 is 1. The summed E-state index contributed by atoms with van der Waals surface area (Å²) < 4.78 is 7.68. The highest BCUT2D eigenvalue weighted by atomic mass is 16.5. The molecule has 2 heterocycles. The molecular weight excluding hydrogens is 338 g/mol. The van der Waals surface area contributed by atoms with Crippen LogP contribution in [0.2, 0.25) is 0 Å². The Kier molecular flexibility index (Phi) is 5.60. The van der Waals surface area contributed by atoms with Crippen molar-refractivity contribution >= 4 is 5.91 Å². The van der Waals surface area contributed by atoms with E-state index in [4.69, 9.17) is 10.5 Å². The van der Waals surface area contributed by atoms with Gasteiger partial charge in [0.1, 0.15) is 5.75 Å². The van der Waals surface area contributed by atoms with Crippen molar-refractivity contribution in [3.05, 3.63) is 71.2 Å². The van der Waals surface area contributed by atoms with E-state index < -0.39 is 5.91 Å². The number of amides is 1. The fourth-order valence-corrected chi connectivity index (χ4v) is 3.60. The van der Waals surface area contributed by atoms with Crippen LogP contribution in [0.25, 0.3) is 11.3 Å². The maximum absolute atomic E-state index is 12.3. The lowest BCUT2D eigenvalue weighted by Crippen LogP contribution is -2.14. The number of pyridine rings is 1. The summed E-state index contributed by atoms with van der Waals surface area (Å²) in [6, 6.07) is 13.6. The first-order chi connectivity index (χ1) is 13.1. The number of ether oxygens (including phenoxy) is 1. The van der Waals surface area contributed by atoms with Gasteiger partial charge >= 0.3 is 0 Å². The molecule has 0 bridgehead atoms. The summed E-state index contributed by atoms with van der Waals surface area (Å²) in [6.45, 7) is 4.68. The summed E-state index contributed by atoms with van der Waals surface area (Å²) >= 11 is 0. The minimum atomic E-state index is -0.427. The standard InChI is InChI=1S/C22H25N3O2/c1-4-9-18-21(17-11-7-8-13-24-17)20(22(23)26)15(2)25(18)14-16-10-5-6-12-19(16)27-3/h5-8,10-13H,4,9,14H2,1-3H3,(H2,23,26). The molecule has 0 unspecified atom stereocenters. The van der Waals surface area contributed by atoms with Gasteiger partial charge < -0.3 is 15.0 Å². The van der Waals surface area contributed by atoms with Gasteiger partial charge in [0, 0.05) is 28.7 Å². The summed E-state index contributed by atoms with van der Waals surface area (Å²) in [5, 5.41) is 0. The van der Waals surface area contributed by atoms with Crippen LogP contribution in [0.3, 0.4) is 0 Å². The molecule has 0 saturated heterocycles. The Balaban J connectivity index is 2.23. The SMILES string of the molecule is CCCc1c(-c2ccccn2)c(C(N)=O)c(C)n1Cc1ccccc1OC. The number of hydrogen-bond acceptors (Lipinski definition) is 3. The zero-order valence-corrected chi connectivity index (χ0v) is 16.0. The van der Waals surface area contributed by atoms with Crippen molar-refractivity contribution < 1.29 is 9.53 Å². The van der Waals surface area contributed by atoms with Crippen LogP contribution in [-0.2, 0) is 13.0 Å². The highest BCUT2D eigenvalue weighted by Crippen LogP contribution is 2.33. The van der Waals surface area contributed by atoms with Crippen molar-refractivity contribution in [2.45, 2.75) is 33.2 Å². The van der Waals surface area contributed by atoms with E-state index in [1.54, 1.807) is 13.3 Å². The van der Waals surface area contributed by atoms with Gasteiger partial charge in [-0.15, -0.1) is 0 Å². The number of hydrogen-bond donors (Lipinski definition) is 1. The lowest BCUT2D eigenvalue weighted by Gasteiger charge is -2.15. The minimum absolute atomic E-state index is 0.427. The third kappa shape index (κ3) is 3.58.